The molecule has 20 heteroatoms. The van der Waals surface area contributed by atoms with Gasteiger partial charge in [0.1, 0.15) is 45.7 Å². The number of hydrogen-bond acceptors (Lipinski definition) is 19. The highest BCUT2D eigenvalue weighted by Gasteiger charge is 2.70. The third-order valence-electron chi connectivity index (χ3n) is 16.1. The van der Waals surface area contributed by atoms with Gasteiger partial charge in [-0.2, -0.15) is 0 Å². The quantitative estimate of drug-likeness (QED) is 0.105. The minimum absolute atomic E-state index is 0.000570. The summed E-state index contributed by atoms with van der Waals surface area (Å²) in [5.41, 5.74) is -7.12. The first-order chi connectivity index (χ1) is 34.8. The Balaban J connectivity index is 0.000000200. The van der Waals surface area contributed by atoms with Gasteiger partial charge in [-0.25, -0.2) is 0 Å². The fraction of sp³-hybridized carbons (Fsp3) is 0.407. The number of aromatic hydroxyl groups is 2. The van der Waals surface area contributed by atoms with Gasteiger partial charge in [-0.1, -0.05) is 68.8 Å². The zero-order valence-corrected chi connectivity index (χ0v) is 42.8. The average molecular weight is 1060 g/mol. The molecule has 0 aromatic heterocycles. The molecule has 6 aliphatic rings. The van der Waals surface area contributed by atoms with E-state index >= 15 is 0 Å². The Kier molecular flexibility index (Phi) is 14.3. The van der Waals surface area contributed by atoms with E-state index in [9.17, 15) is 79.8 Å². The van der Waals surface area contributed by atoms with Crippen LogP contribution in [-0.4, -0.2) is 164 Å². The molecule has 8 unspecified atom stereocenters. The first-order valence-corrected chi connectivity index (χ1v) is 25.3. The largest absolute Gasteiger partial charge is 0.508 e. The molecule has 0 amide bonds. The number of carbonyl (C=O) groups is 6. The predicted molar refractivity (Wildman–Crippen MR) is 269 cm³/mol. The molecule has 0 radical (unpaired) electrons. The van der Waals surface area contributed by atoms with Gasteiger partial charge >= 0.3 is 0 Å². The molecule has 0 saturated heterocycles. The standard InChI is InChI=1S/C30H31NO8S.C24H26ClNO8/c1-4-31(3)24-23-26(35)21-17(13-40-15-9-6-5-7-10-15)16-11-8-12-18(33)20(16)25(34)22(21)29(38)30(23,39)28(37)19(14(2)32)27(24)36;1-5-26(4)17-16-20(30)12-8(2)10-6-7-11(25)18(28)14(10)19(29)15(12)23(33)24(16,34)22(32)13(9(3)27)21(17)31/h5-12,17,21,23-24,26,33-35,37,39H,4,13H2,1-3H3;6-8,12,16-17,20,28-30,32,34H,5H2,1-4H3/t17?,21?,23?,24-,26?,30+;8?,12?,16?,17-,20?,24+/m00/s1. The van der Waals surface area contributed by atoms with Gasteiger partial charge in [0.05, 0.1) is 52.3 Å². The molecule has 18 nitrogen and oxygen atoms in total. The summed E-state index contributed by atoms with van der Waals surface area (Å²) in [6.07, 6.45) is -3.19. The number of phenols is 2. The number of aliphatic hydroxyl groups is 8. The number of aliphatic hydroxyl groups excluding tert-OH is 6. The molecule has 0 heterocycles. The smallest absolute Gasteiger partial charge is 0.202 e. The maximum atomic E-state index is 14.3. The second-order valence-electron chi connectivity index (χ2n) is 19.7. The molecule has 0 bridgehead atoms. The molecule has 74 heavy (non-hydrogen) atoms. The summed E-state index contributed by atoms with van der Waals surface area (Å²) in [7, 11) is 3.11. The van der Waals surface area contributed by atoms with E-state index in [-0.39, 0.29) is 40.6 Å². The number of nitrogens with zero attached hydrogens (tertiary/aromatic N) is 2. The van der Waals surface area contributed by atoms with Crippen LogP contribution < -0.4 is 0 Å². The van der Waals surface area contributed by atoms with Gasteiger partial charge in [0, 0.05) is 39.5 Å². The van der Waals surface area contributed by atoms with E-state index in [0.29, 0.717) is 16.9 Å². The van der Waals surface area contributed by atoms with E-state index in [1.165, 1.54) is 33.7 Å². The fourth-order valence-electron chi connectivity index (χ4n) is 12.3. The number of fused-ring (bicyclic) bond motifs is 6. The minimum atomic E-state index is -2.86. The molecule has 2 fully saturated rings. The molecule has 3 aromatic carbocycles. The average Bonchev–Trinajstić information content (AvgIpc) is 3.36. The predicted octanol–water partition coefficient (Wildman–Crippen LogP) is 4.41. The molecular weight excluding hydrogens is 1000 g/mol. The van der Waals surface area contributed by atoms with E-state index in [2.05, 4.69) is 0 Å². The first-order valence-electron chi connectivity index (χ1n) is 23.9. The topological polar surface area (TPSA) is 311 Å². The third kappa shape index (κ3) is 7.68. The number of likely N-dealkylation sites (N-methyl/N-ethyl adjacent to an activating group) is 2. The van der Waals surface area contributed by atoms with Crippen molar-refractivity contribution in [1.29, 1.82) is 0 Å². The van der Waals surface area contributed by atoms with Gasteiger partial charge in [0.2, 0.25) is 11.6 Å². The first kappa shape index (κ1) is 54.1. The van der Waals surface area contributed by atoms with Crippen LogP contribution >= 0.6 is 23.4 Å². The third-order valence-corrected chi connectivity index (χ3v) is 17.5. The Labute approximate surface area is 434 Å². The monoisotopic (exact) mass is 1060 g/mol. The molecule has 2 saturated carbocycles. The number of carbonyl (C=O) groups excluding carboxylic acids is 6. The summed E-state index contributed by atoms with van der Waals surface area (Å²) in [6.45, 7) is 7.76. The Morgan fingerprint density at radius 1 is 0.649 bits per heavy atom. The summed E-state index contributed by atoms with van der Waals surface area (Å²) in [5.74, 6) is -16.1. The number of benzene rings is 3. The van der Waals surface area contributed by atoms with E-state index in [0.717, 1.165) is 18.7 Å². The zero-order valence-electron chi connectivity index (χ0n) is 41.3. The molecule has 6 aliphatic carbocycles. The lowest BCUT2D eigenvalue weighted by molar-refractivity contribution is -0.170. The fourth-order valence-corrected chi connectivity index (χ4v) is 13.6. The van der Waals surface area contributed by atoms with E-state index in [1.807, 2.05) is 30.3 Å². The minimum Gasteiger partial charge on any atom is -0.508 e. The lowest BCUT2D eigenvalue weighted by atomic mass is 9.54. The van der Waals surface area contributed by atoms with Crippen LogP contribution in [-0.2, 0) is 28.8 Å². The van der Waals surface area contributed by atoms with Crippen molar-refractivity contribution in [2.75, 3.05) is 32.9 Å². The van der Waals surface area contributed by atoms with Gasteiger partial charge in [-0.05, 0) is 82.3 Å². The lowest BCUT2D eigenvalue weighted by Gasteiger charge is -2.54. The maximum Gasteiger partial charge on any atom is 0.202 e. The zero-order chi connectivity index (χ0) is 54.5. The summed E-state index contributed by atoms with van der Waals surface area (Å²) in [5, 5.41) is 113. The van der Waals surface area contributed by atoms with E-state index < -0.39 is 151 Å². The second-order valence-corrected chi connectivity index (χ2v) is 21.2. The number of phenolic OH excluding ortho intramolecular Hbond substituents is 2. The van der Waals surface area contributed by atoms with Gasteiger partial charge in [0.15, 0.2) is 34.3 Å². The molecule has 0 spiro atoms. The summed E-state index contributed by atoms with van der Waals surface area (Å²) in [6, 6.07) is 14.5. The number of ketones is 6. The summed E-state index contributed by atoms with van der Waals surface area (Å²) in [4.78, 5) is 83.6. The number of thioether (sulfide) groups is 1. The number of halogens is 1. The van der Waals surface area contributed by atoms with Gasteiger partial charge < -0.3 is 51.1 Å². The summed E-state index contributed by atoms with van der Waals surface area (Å²) < 4.78 is 0. The lowest BCUT2D eigenvalue weighted by Crippen LogP contribution is -2.70. The molecule has 392 valence electrons. The van der Waals surface area contributed by atoms with Crippen molar-refractivity contribution in [2.45, 2.75) is 86.8 Å². The van der Waals surface area contributed by atoms with E-state index in [1.54, 1.807) is 53.1 Å². The SMILES string of the molecule is CCN(C)[C@@H]1C(=O)C(C(C)=O)=C(O)[C@@]2(O)C(=O)C3=C(O)c4c(O)cccc4C(CSc4ccccc4)C3C(O)C12.CCN(C)[C@@H]1C(=O)C(C(C)=O)=C(O)[C@@]2(O)C(=O)C3=C(O)c4c(ccc(Cl)c4O)C(C)C3C(O)C12. The molecule has 12 atom stereocenters. The van der Waals surface area contributed by atoms with Crippen LogP contribution in [0, 0.1) is 23.7 Å². The molecule has 9 rings (SSSR count). The van der Waals surface area contributed by atoms with Crippen LogP contribution in [0.1, 0.15) is 68.7 Å². The van der Waals surface area contributed by atoms with Crippen molar-refractivity contribution < 1.29 is 79.8 Å². The molecule has 3 aromatic rings. The normalized spacial score (nSPS) is 31.3. The van der Waals surface area contributed by atoms with Crippen LogP contribution in [0.15, 0.2) is 99.4 Å². The summed E-state index contributed by atoms with van der Waals surface area (Å²) >= 11 is 7.46. The highest BCUT2D eigenvalue weighted by molar-refractivity contribution is 7.99. The Hall–Kier alpha value is -6.16. The highest BCUT2D eigenvalue weighted by atomic mass is 35.5. The van der Waals surface area contributed by atoms with Crippen molar-refractivity contribution >= 4 is 69.6 Å². The molecule has 10 N–H and O–H groups in total. The number of Topliss-reactive ketones (excluding diaryl/α,β-unsaturated/α-hetero) is 6. The van der Waals surface area contributed by atoms with Crippen LogP contribution in [0.2, 0.25) is 5.02 Å². The highest BCUT2D eigenvalue weighted by Crippen LogP contribution is 2.59. The van der Waals surface area contributed by atoms with Crippen molar-refractivity contribution in [3.8, 4) is 11.5 Å². The Morgan fingerprint density at radius 2 is 1.12 bits per heavy atom. The van der Waals surface area contributed by atoms with Crippen LogP contribution in [0.3, 0.4) is 0 Å². The Morgan fingerprint density at radius 3 is 1.61 bits per heavy atom. The van der Waals surface area contributed by atoms with Crippen LogP contribution in [0.5, 0.6) is 11.5 Å². The number of hydrogen-bond donors (Lipinski definition) is 10. The Bertz CT molecular complexity index is 3080. The van der Waals surface area contributed by atoms with Gasteiger partial charge in [-0.15, -0.1) is 11.8 Å². The molecular formula is C54H57ClN2O16S. The van der Waals surface area contributed by atoms with Crippen molar-refractivity contribution in [3.63, 3.8) is 0 Å². The van der Waals surface area contributed by atoms with Crippen LogP contribution in [0.4, 0.5) is 0 Å². The van der Waals surface area contributed by atoms with Crippen molar-refractivity contribution in [1.82, 2.24) is 9.80 Å². The number of rotatable bonds is 9. The van der Waals surface area contributed by atoms with Crippen molar-refractivity contribution in [2.24, 2.45) is 23.7 Å². The molecule has 0 aliphatic heterocycles. The van der Waals surface area contributed by atoms with E-state index in [4.69, 9.17) is 11.6 Å². The second kappa shape index (κ2) is 19.5. The van der Waals surface area contributed by atoms with Gasteiger partial charge in [-0.3, -0.25) is 38.6 Å². The maximum absolute atomic E-state index is 14.3. The van der Waals surface area contributed by atoms with Gasteiger partial charge in [0.25, 0.3) is 0 Å². The van der Waals surface area contributed by atoms with Crippen molar-refractivity contribution in [3.05, 3.63) is 122 Å². The van der Waals surface area contributed by atoms with Crippen LogP contribution in [0.25, 0.3) is 11.5 Å².